The molecule has 2 aliphatic rings. The van der Waals surface area contributed by atoms with E-state index in [9.17, 15) is 13.2 Å². The van der Waals surface area contributed by atoms with Gasteiger partial charge in [0.1, 0.15) is 0 Å². The van der Waals surface area contributed by atoms with Crippen LogP contribution in [0.3, 0.4) is 0 Å². The van der Waals surface area contributed by atoms with Crippen LogP contribution in [-0.2, 0) is 20.2 Å². The minimum Gasteiger partial charge on any atom is -0.314 e. The fourth-order valence-corrected chi connectivity index (χ4v) is 5.51. The molecule has 2 heterocycles. The Morgan fingerprint density at radius 2 is 1.52 bits per heavy atom. The summed E-state index contributed by atoms with van der Waals surface area (Å²) < 4.78 is 27.1. The molecule has 5 nitrogen and oxygen atoms in total. The summed E-state index contributed by atoms with van der Waals surface area (Å²) in [6.45, 7) is 0.705. The van der Waals surface area contributed by atoms with Gasteiger partial charge in [0, 0.05) is 25.8 Å². The third-order valence-corrected chi connectivity index (χ3v) is 7.36. The minimum atomic E-state index is -3.51. The number of anilines is 1. The van der Waals surface area contributed by atoms with Crippen LogP contribution in [0.1, 0.15) is 18.4 Å². The molecule has 0 aromatic heterocycles. The highest BCUT2D eigenvalue weighted by Crippen LogP contribution is 2.47. The first kappa shape index (κ1) is 16.3. The molecule has 25 heavy (non-hydrogen) atoms. The van der Waals surface area contributed by atoms with Gasteiger partial charge in [-0.3, -0.25) is 4.79 Å². The van der Waals surface area contributed by atoms with Crippen molar-refractivity contribution >= 4 is 21.6 Å². The lowest BCUT2D eigenvalue weighted by Gasteiger charge is -2.37. The average molecular weight is 356 g/mol. The molecule has 1 spiro atoms. The van der Waals surface area contributed by atoms with Crippen LogP contribution in [0.4, 0.5) is 5.69 Å². The van der Waals surface area contributed by atoms with Gasteiger partial charge in [0.15, 0.2) is 0 Å². The molecule has 0 radical (unpaired) electrons. The van der Waals surface area contributed by atoms with E-state index < -0.39 is 15.4 Å². The predicted molar refractivity (Wildman–Crippen MR) is 96.0 cm³/mol. The number of benzene rings is 2. The highest BCUT2D eigenvalue weighted by atomic mass is 32.2. The van der Waals surface area contributed by atoms with Gasteiger partial charge < -0.3 is 4.90 Å². The molecule has 0 N–H and O–H groups in total. The van der Waals surface area contributed by atoms with E-state index >= 15 is 0 Å². The van der Waals surface area contributed by atoms with Crippen molar-refractivity contribution in [2.24, 2.45) is 0 Å². The molecular weight excluding hydrogens is 336 g/mol. The Kier molecular flexibility index (Phi) is 3.70. The molecule has 0 saturated carbocycles. The van der Waals surface area contributed by atoms with Crippen molar-refractivity contribution in [2.45, 2.75) is 23.2 Å². The van der Waals surface area contributed by atoms with Crippen molar-refractivity contribution in [2.75, 3.05) is 25.0 Å². The number of carbonyl (C=O) groups is 1. The van der Waals surface area contributed by atoms with Gasteiger partial charge in [0.05, 0.1) is 10.3 Å². The number of carbonyl (C=O) groups excluding carboxylic acids is 1. The summed E-state index contributed by atoms with van der Waals surface area (Å²) in [6.07, 6.45) is 1.03. The first-order valence-corrected chi connectivity index (χ1v) is 9.84. The summed E-state index contributed by atoms with van der Waals surface area (Å²) in [4.78, 5) is 14.9. The maximum absolute atomic E-state index is 12.9. The van der Waals surface area contributed by atoms with Crippen LogP contribution in [0.25, 0.3) is 0 Å². The number of sulfonamides is 1. The fourth-order valence-electron chi connectivity index (χ4n) is 4.05. The van der Waals surface area contributed by atoms with Crippen LogP contribution in [0.15, 0.2) is 59.5 Å². The molecule has 6 heteroatoms. The summed E-state index contributed by atoms with van der Waals surface area (Å²) >= 11 is 0. The van der Waals surface area contributed by atoms with Crippen molar-refractivity contribution in [3.63, 3.8) is 0 Å². The van der Waals surface area contributed by atoms with Gasteiger partial charge in [-0.1, -0.05) is 36.4 Å². The van der Waals surface area contributed by atoms with Gasteiger partial charge in [0.2, 0.25) is 15.9 Å². The van der Waals surface area contributed by atoms with Crippen molar-refractivity contribution in [3.05, 3.63) is 60.2 Å². The third-order valence-electron chi connectivity index (χ3n) is 5.45. The molecule has 2 aliphatic heterocycles. The number of rotatable bonds is 2. The molecule has 130 valence electrons. The largest absolute Gasteiger partial charge is 0.314 e. The van der Waals surface area contributed by atoms with Crippen LogP contribution >= 0.6 is 0 Å². The van der Waals surface area contributed by atoms with E-state index in [1.54, 1.807) is 42.3 Å². The van der Waals surface area contributed by atoms with E-state index in [1.165, 1.54) is 4.31 Å². The van der Waals surface area contributed by atoms with Crippen LogP contribution in [0.5, 0.6) is 0 Å². The zero-order valence-corrected chi connectivity index (χ0v) is 14.9. The van der Waals surface area contributed by atoms with Gasteiger partial charge in [-0.15, -0.1) is 0 Å². The Hall–Kier alpha value is -2.18. The molecule has 0 unspecified atom stereocenters. The summed E-state index contributed by atoms with van der Waals surface area (Å²) in [7, 11) is -1.71. The number of para-hydroxylation sites is 1. The first-order valence-electron chi connectivity index (χ1n) is 8.40. The number of likely N-dealkylation sites (N-methyl/N-ethyl adjacent to an activating group) is 1. The Morgan fingerprint density at radius 1 is 0.920 bits per heavy atom. The standard InChI is InChI=1S/C19H20N2O3S/c1-20-17-10-6-5-9-16(17)19(18(20)22)11-13-21(14-12-19)25(23,24)15-7-3-2-4-8-15/h2-10H,11-14H2,1H3. The van der Waals surface area contributed by atoms with Gasteiger partial charge >= 0.3 is 0 Å². The van der Waals surface area contributed by atoms with Crippen molar-refractivity contribution in [3.8, 4) is 0 Å². The van der Waals surface area contributed by atoms with Crippen LogP contribution in [-0.4, -0.2) is 38.8 Å². The maximum atomic E-state index is 12.9. The zero-order valence-electron chi connectivity index (χ0n) is 14.1. The average Bonchev–Trinajstić information content (AvgIpc) is 2.86. The van der Waals surface area contributed by atoms with E-state index in [0.717, 1.165) is 11.3 Å². The van der Waals surface area contributed by atoms with Crippen LogP contribution < -0.4 is 4.90 Å². The highest BCUT2D eigenvalue weighted by molar-refractivity contribution is 7.89. The van der Waals surface area contributed by atoms with Gasteiger partial charge in [-0.25, -0.2) is 8.42 Å². The van der Waals surface area contributed by atoms with Crippen molar-refractivity contribution < 1.29 is 13.2 Å². The molecule has 1 amide bonds. The lowest BCUT2D eigenvalue weighted by molar-refractivity contribution is -0.124. The maximum Gasteiger partial charge on any atom is 0.243 e. The number of piperidine rings is 1. The van der Waals surface area contributed by atoms with Gasteiger partial charge in [0.25, 0.3) is 0 Å². The zero-order chi connectivity index (χ0) is 17.7. The summed E-state index contributed by atoms with van der Waals surface area (Å²) in [5.74, 6) is 0.0745. The molecular formula is C19H20N2O3S. The summed E-state index contributed by atoms with van der Waals surface area (Å²) in [6, 6.07) is 16.3. The predicted octanol–water partition coefficient (Wildman–Crippen LogP) is 2.39. The van der Waals surface area contributed by atoms with E-state index in [4.69, 9.17) is 0 Å². The molecule has 0 atom stereocenters. The molecule has 0 aliphatic carbocycles. The first-order chi connectivity index (χ1) is 12.0. The summed E-state index contributed by atoms with van der Waals surface area (Å²) in [5.41, 5.74) is 1.37. The number of amides is 1. The Balaban J connectivity index is 1.63. The minimum absolute atomic E-state index is 0.0745. The molecule has 4 rings (SSSR count). The van der Waals surface area contributed by atoms with Crippen LogP contribution in [0.2, 0.25) is 0 Å². The second-order valence-corrected chi connectivity index (χ2v) is 8.62. The Labute approximate surface area is 147 Å². The quantitative estimate of drug-likeness (QED) is 0.830. The Morgan fingerprint density at radius 3 is 2.20 bits per heavy atom. The molecule has 2 aromatic rings. The molecule has 0 bridgehead atoms. The highest BCUT2D eigenvalue weighted by Gasteiger charge is 2.51. The monoisotopic (exact) mass is 356 g/mol. The number of hydrogen-bond acceptors (Lipinski definition) is 3. The van der Waals surface area contributed by atoms with E-state index in [0.29, 0.717) is 30.8 Å². The number of hydrogen-bond donors (Lipinski definition) is 0. The number of fused-ring (bicyclic) bond motifs is 2. The summed E-state index contributed by atoms with van der Waals surface area (Å²) in [5, 5.41) is 0. The van der Waals surface area contributed by atoms with E-state index in [1.807, 2.05) is 24.3 Å². The second kappa shape index (κ2) is 5.68. The van der Waals surface area contributed by atoms with Crippen LogP contribution in [0, 0.1) is 0 Å². The second-order valence-electron chi connectivity index (χ2n) is 6.68. The topological polar surface area (TPSA) is 57.7 Å². The van der Waals surface area contributed by atoms with E-state index in [2.05, 4.69) is 0 Å². The molecule has 2 aromatic carbocycles. The SMILES string of the molecule is CN1C(=O)C2(CCN(S(=O)(=O)c3ccccc3)CC2)c2ccccc21. The molecule has 1 fully saturated rings. The fraction of sp³-hybridized carbons (Fsp3) is 0.316. The smallest absolute Gasteiger partial charge is 0.243 e. The van der Waals surface area contributed by atoms with Crippen molar-refractivity contribution in [1.29, 1.82) is 0 Å². The normalized spacial score (nSPS) is 20.0. The lowest BCUT2D eigenvalue weighted by Crippen LogP contribution is -2.49. The van der Waals surface area contributed by atoms with E-state index in [-0.39, 0.29) is 5.91 Å². The Bertz CT molecular complexity index is 917. The lowest BCUT2D eigenvalue weighted by atomic mass is 9.74. The van der Waals surface area contributed by atoms with Crippen molar-refractivity contribution in [1.82, 2.24) is 4.31 Å². The van der Waals surface area contributed by atoms with Gasteiger partial charge in [-0.05, 0) is 36.6 Å². The number of nitrogens with zero attached hydrogens (tertiary/aromatic N) is 2. The van der Waals surface area contributed by atoms with Gasteiger partial charge in [-0.2, -0.15) is 4.31 Å². The third kappa shape index (κ3) is 2.32. The molecule has 1 saturated heterocycles.